The number of fused-ring (bicyclic) bond motifs is 3. The van der Waals surface area contributed by atoms with Gasteiger partial charge in [0.15, 0.2) is 0 Å². The van der Waals surface area contributed by atoms with Crippen molar-refractivity contribution >= 4 is 5.97 Å². The summed E-state index contributed by atoms with van der Waals surface area (Å²) in [5.41, 5.74) is 2.29. The van der Waals surface area contributed by atoms with Gasteiger partial charge in [-0.2, -0.15) is 0 Å². The first kappa shape index (κ1) is 18.8. The molecule has 1 aromatic rings. The monoisotopic (exact) mass is 358 g/mol. The van der Waals surface area contributed by atoms with E-state index in [1.165, 1.54) is 0 Å². The van der Waals surface area contributed by atoms with E-state index in [0.29, 0.717) is 12.2 Å². The molecule has 2 N–H and O–H groups in total. The third kappa shape index (κ3) is 3.34. The Hall–Kier alpha value is -1.97. The number of aryl methyl sites for hydroxylation is 1. The molecule has 1 aliphatic carbocycles. The Kier molecular flexibility index (Phi) is 5.05. The molecule has 0 saturated carbocycles. The van der Waals surface area contributed by atoms with Crippen molar-refractivity contribution in [3.05, 3.63) is 34.9 Å². The molecule has 2 aliphatic rings. The number of phenols is 1. The van der Waals surface area contributed by atoms with Crippen molar-refractivity contribution in [1.82, 2.24) is 0 Å². The molecule has 0 amide bonds. The topological polar surface area (TPSA) is 66.8 Å². The third-order valence-corrected chi connectivity index (χ3v) is 5.90. The highest BCUT2D eigenvalue weighted by molar-refractivity contribution is 5.72. The van der Waals surface area contributed by atoms with Gasteiger partial charge < -0.3 is 14.9 Å². The standard InChI is InChI=1S/C22H30O4/c1-5-6-7-8-14-11-17(23)19-15-9-13(2)10-16(21(24)25)20(15)22(3,4)26-18(19)12-14/h9,11-12,15-16,20,23H,5-8,10H2,1-4H3,(H,24,25)/t15?,16?,20-/m1/s1. The maximum absolute atomic E-state index is 11.9. The van der Waals surface area contributed by atoms with Crippen molar-refractivity contribution in [3.63, 3.8) is 0 Å². The Balaban J connectivity index is 2.05. The van der Waals surface area contributed by atoms with E-state index < -0.39 is 17.5 Å². The Labute approximate surface area is 155 Å². The molecule has 0 saturated heterocycles. The number of carboxylic acid groups (broad SMARTS) is 1. The molecule has 1 aliphatic heterocycles. The van der Waals surface area contributed by atoms with Crippen molar-refractivity contribution in [2.24, 2.45) is 11.8 Å². The average molecular weight is 358 g/mol. The van der Waals surface area contributed by atoms with Gasteiger partial charge in [-0.1, -0.05) is 31.4 Å². The van der Waals surface area contributed by atoms with Gasteiger partial charge in [-0.3, -0.25) is 4.79 Å². The van der Waals surface area contributed by atoms with Gasteiger partial charge >= 0.3 is 5.97 Å². The van der Waals surface area contributed by atoms with Crippen molar-refractivity contribution in [2.75, 3.05) is 0 Å². The van der Waals surface area contributed by atoms with Crippen LogP contribution in [-0.4, -0.2) is 21.8 Å². The third-order valence-electron chi connectivity index (χ3n) is 5.90. The van der Waals surface area contributed by atoms with Crippen molar-refractivity contribution in [1.29, 1.82) is 0 Å². The summed E-state index contributed by atoms with van der Waals surface area (Å²) in [5.74, 6) is -0.686. The van der Waals surface area contributed by atoms with E-state index in [1.807, 2.05) is 32.9 Å². The number of carboxylic acids is 1. The van der Waals surface area contributed by atoms with Crippen LogP contribution in [0.1, 0.15) is 70.4 Å². The van der Waals surface area contributed by atoms with Gasteiger partial charge in [0.05, 0.1) is 5.92 Å². The van der Waals surface area contributed by atoms with Gasteiger partial charge in [0.25, 0.3) is 0 Å². The lowest BCUT2D eigenvalue weighted by Gasteiger charge is -2.48. The molecular weight excluding hydrogens is 328 g/mol. The molecule has 2 unspecified atom stereocenters. The number of phenolic OH excluding ortho intramolecular Hbond substituents is 1. The molecule has 0 spiro atoms. The molecule has 0 fully saturated rings. The van der Waals surface area contributed by atoms with Gasteiger partial charge in [0.1, 0.15) is 17.1 Å². The number of hydrogen-bond acceptors (Lipinski definition) is 3. The van der Waals surface area contributed by atoms with Gasteiger partial charge in [0.2, 0.25) is 0 Å². The van der Waals surface area contributed by atoms with Crippen LogP contribution in [0.3, 0.4) is 0 Å². The van der Waals surface area contributed by atoms with E-state index >= 15 is 0 Å². The Morgan fingerprint density at radius 1 is 1.31 bits per heavy atom. The van der Waals surface area contributed by atoms with Crippen molar-refractivity contribution in [3.8, 4) is 11.5 Å². The zero-order valence-corrected chi connectivity index (χ0v) is 16.2. The highest BCUT2D eigenvalue weighted by Crippen LogP contribution is 2.55. The summed E-state index contributed by atoms with van der Waals surface area (Å²) in [6.07, 6.45) is 6.99. The summed E-state index contributed by atoms with van der Waals surface area (Å²) in [5, 5.41) is 20.5. The van der Waals surface area contributed by atoms with E-state index in [9.17, 15) is 15.0 Å². The van der Waals surface area contributed by atoms with E-state index in [-0.39, 0.29) is 17.6 Å². The minimum atomic E-state index is -0.789. The predicted octanol–water partition coefficient (Wildman–Crippen LogP) is 5.05. The fraction of sp³-hybridized carbons (Fsp3) is 0.591. The van der Waals surface area contributed by atoms with Crippen molar-refractivity contribution in [2.45, 2.75) is 71.3 Å². The first-order valence-corrected chi connectivity index (χ1v) is 9.69. The Morgan fingerprint density at radius 2 is 2.04 bits per heavy atom. The maximum Gasteiger partial charge on any atom is 0.307 e. The lowest BCUT2D eigenvalue weighted by atomic mass is 9.63. The average Bonchev–Trinajstić information content (AvgIpc) is 2.52. The smallest absolute Gasteiger partial charge is 0.307 e. The van der Waals surface area contributed by atoms with Gasteiger partial charge in [-0.15, -0.1) is 0 Å². The fourth-order valence-corrected chi connectivity index (χ4v) is 4.78. The molecule has 0 radical (unpaired) electrons. The quantitative estimate of drug-likeness (QED) is 0.571. The van der Waals surface area contributed by atoms with Crippen LogP contribution in [0.15, 0.2) is 23.8 Å². The lowest BCUT2D eigenvalue weighted by Crippen LogP contribution is -2.51. The van der Waals surface area contributed by atoms with E-state index in [4.69, 9.17) is 4.74 Å². The zero-order valence-electron chi connectivity index (χ0n) is 16.2. The van der Waals surface area contributed by atoms with Crippen LogP contribution in [0.25, 0.3) is 0 Å². The summed E-state index contributed by atoms with van der Waals surface area (Å²) in [6, 6.07) is 3.87. The largest absolute Gasteiger partial charge is 0.507 e. The molecule has 142 valence electrons. The predicted molar refractivity (Wildman–Crippen MR) is 102 cm³/mol. The zero-order chi connectivity index (χ0) is 19.1. The highest BCUT2D eigenvalue weighted by atomic mass is 16.5. The Morgan fingerprint density at radius 3 is 2.69 bits per heavy atom. The number of benzene rings is 1. The number of rotatable bonds is 5. The molecule has 0 aromatic heterocycles. The Bertz CT molecular complexity index is 732. The second kappa shape index (κ2) is 6.98. The van der Waals surface area contributed by atoms with Crippen LogP contribution in [-0.2, 0) is 11.2 Å². The van der Waals surface area contributed by atoms with E-state index in [1.54, 1.807) is 0 Å². The molecule has 0 bridgehead atoms. The molecule has 1 heterocycles. The molecule has 26 heavy (non-hydrogen) atoms. The molecule has 4 nitrogen and oxygen atoms in total. The van der Waals surface area contributed by atoms with Crippen LogP contribution in [0.2, 0.25) is 0 Å². The van der Waals surface area contributed by atoms with Crippen LogP contribution < -0.4 is 4.74 Å². The first-order valence-electron chi connectivity index (χ1n) is 9.69. The van der Waals surface area contributed by atoms with E-state index in [2.05, 4.69) is 13.0 Å². The van der Waals surface area contributed by atoms with Crippen LogP contribution in [0, 0.1) is 11.8 Å². The first-order chi connectivity index (χ1) is 12.2. The number of carbonyl (C=O) groups is 1. The second-order valence-electron chi connectivity index (χ2n) is 8.40. The SMILES string of the molecule is CCCCCc1cc(O)c2c(c1)OC(C)(C)[C@H]1C(C(=O)O)CC(C)=CC21. The lowest BCUT2D eigenvalue weighted by molar-refractivity contribution is -0.148. The van der Waals surface area contributed by atoms with Crippen molar-refractivity contribution < 1.29 is 19.7 Å². The number of aliphatic carboxylic acids is 1. The molecule has 4 heteroatoms. The number of allylic oxidation sites excluding steroid dienone is 2. The second-order valence-corrected chi connectivity index (χ2v) is 8.40. The number of hydrogen-bond donors (Lipinski definition) is 2. The highest BCUT2D eigenvalue weighted by Gasteiger charge is 2.51. The summed E-state index contributed by atoms with van der Waals surface area (Å²) < 4.78 is 6.28. The van der Waals surface area contributed by atoms with Gasteiger partial charge in [-0.25, -0.2) is 0 Å². The number of aromatic hydroxyl groups is 1. The van der Waals surface area contributed by atoms with Crippen LogP contribution in [0.4, 0.5) is 0 Å². The van der Waals surface area contributed by atoms with Gasteiger partial charge in [0, 0.05) is 17.4 Å². The minimum absolute atomic E-state index is 0.131. The summed E-state index contributed by atoms with van der Waals surface area (Å²) in [6.45, 7) is 8.09. The summed E-state index contributed by atoms with van der Waals surface area (Å²) in [7, 11) is 0. The normalized spacial score (nSPS) is 26.3. The summed E-state index contributed by atoms with van der Waals surface area (Å²) >= 11 is 0. The van der Waals surface area contributed by atoms with Gasteiger partial charge in [-0.05, 0) is 57.7 Å². The van der Waals surface area contributed by atoms with Crippen LogP contribution >= 0.6 is 0 Å². The molecular formula is C22H30O4. The maximum atomic E-state index is 11.9. The molecule has 3 atom stereocenters. The fourth-order valence-electron chi connectivity index (χ4n) is 4.78. The minimum Gasteiger partial charge on any atom is -0.507 e. The number of unbranched alkanes of at least 4 members (excludes halogenated alkanes) is 2. The van der Waals surface area contributed by atoms with Crippen LogP contribution in [0.5, 0.6) is 11.5 Å². The molecule has 3 rings (SSSR count). The summed E-state index contributed by atoms with van der Waals surface area (Å²) in [4.78, 5) is 11.9. The van der Waals surface area contributed by atoms with E-state index in [0.717, 1.165) is 42.4 Å². The number of ether oxygens (including phenoxy) is 1. The molecule has 1 aromatic carbocycles.